The number of hydrogen-bond donors (Lipinski definition) is 0. The van der Waals surface area contributed by atoms with E-state index in [0.717, 1.165) is 16.3 Å². The van der Waals surface area contributed by atoms with Gasteiger partial charge in [0.15, 0.2) is 6.10 Å². The molecule has 0 saturated carbocycles. The van der Waals surface area contributed by atoms with E-state index >= 15 is 0 Å². The minimum Gasteiger partial charge on any atom is -0.462 e. The van der Waals surface area contributed by atoms with Crippen LogP contribution in [0.25, 0.3) is 0 Å². The van der Waals surface area contributed by atoms with Gasteiger partial charge in [-0.3, -0.25) is 19.8 Å². The van der Waals surface area contributed by atoms with Crippen molar-refractivity contribution in [2.75, 3.05) is 54.0 Å². The maximum Gasteiger partial charge on any atom is 0.414 e. The van der Waals surface area contributed by atoms with E-state index in [1.165, 1.54) is 24.0 Å². The van der Waals surface area contributed by atoms with E-state index in [4.69, 9.17) is 9.47 Å². The van der Waals surface area contributed by atoms with E-state index in [-0.39, 0.29) is 18.2 Å². The number of cyclic esters (lactones) is 1. The second-order valence-electron chi connectivity index (χ2n) is 7.40. The summed E-state index contributed by atoms with van der Waals surface area (Å²) >= 11 is 1.13. The molecule has 2 aromatic rings. The van der Waals surface area contributed by atoms with Gasteiger partial charge in [-0.05, 0) is 35.6 Å². The van der Waals surface area contributed by atoms with Crippen LogP contribution in [0.1, 0.15) is 6.92 Å². The smallest absolute Gasteiger partial charge is 0.414 e. The highest BCUT2D eigenvalue weighted by Crippen LogP contribution is 2.33. The van der Waals surface area contributed by atoms with Crippen LogP contribution in [0.3, 0.4) is 0 Å². The minimum absolute atomic E-state index is 0.0458. The van der Waals surface area contributed by atoms with Crippen molar-refractivity contribution in [3.05, 3.63) is 46.3 Å². The van der Waals surface area contributed by atoms with Gasteiger partial charge in [-0.25, -0.2) is 9.18 Å². The highest BCUT2D eigenvalue weighted by Gasteiger charge is 2.33. The Balaban J connectivity index is 1.38. The van der Waals surface area contributed by atoms with Crippen molar-refractivity contribution < 1.29 is 28.4 Å². The first-order valence-electron chi connectivity index (χ1n) is 9.97. The molecule has 1 amide bonds. The maximum absolute atomic E-state index is 14.9. The molecule has 1 aromatic carbocycles. The molecule has 170 valence electrons. The van der Waals surface area contributed by atoms with E-state index in [1.54, 1.807) is 18.2 Å². The first-order chi connectivity index (χ1) is 15.3. The van der Waals surface area contributed by atoms with E-state index in [0.29, 0.717) is 37.6 Å². The number of rotatable bonds is 6. The molecule has 0 aliphatic carbocycles. The zero-order chi connectivity index (χ0) is 22.8. The summed E-state index contributed by atoms with van der Waals surface area (Å²) in [6.07, 6.45) is -1.22. The number of esters is 1. The van der Waals surface area contributed by atoms with Crippen LogP contribution in [0.15, 0.2) is 30.3 Å². The average molecular weight is 464 g/mol. The van der Waals surface area contributed by atoms with Crippen molar-refractivity contribution in [1.82, 2.24) is 0 Å². The average Bonchev–Trinajstić information content (AvgIpc) is 3.39. The Hall–Kier alpha value is -3.41. The molecular formula is C20H21FN4O6S. The fourth-order valence-corrected chi connectivity index (χ4v) is 4.58. The number of carbonyl (C=O) groups excluding carboxylic acids is 2. The summed E-state index contributed by atoms with van der Waals surface area (Å²) in [5.74, 6) is -0.925. The number of amides is 1. The fourth-order valence-electron chi connectivity index (χ4n) is 3.70. The highest BCUT2D eigenvalue weighted by atomic mass is 32.1. The van der Waals surface area contributed by atoms with Gasteiger partial charge in [0.05, 0.1) is 27.8 Å². The summed E-state index contributed by atoms with van der Waals surface area (Å²) in [6, 6.07) is 7.80. The third kappa shape index (κ3) is 4.59. The number of nitro groups is 1. The summed E-state index contributed by atoms with van der Waals surface area (Å²) in [4.78, 5) is 38.8. The second kappa shape index (κ2) is 8.99. The molecule has 4 rings (SSSR count). The van der Waals surface area contributed by atoms with Gasteiger partial charge in [0, 0.05) is 39.2 Å². The number of piperazine rings is 1. The molecule has 0 unspecified atom stereocenters. The van der Waals surface area contributed by atoms with Crippen molar-refractivity contribution >= 4 is 44.8 Å². The molecule has 0 radical (unpaired) electrons. The molecule has 12 heteroatoms. The molecule has 3 heterocycles. The zero-order valence-corrected chi connectivity index (χ0v) is 18.0. The third-order valence-corrected chi connectivity index (χ3v) is 6.38. The molecule has 32 heavy (non-hydrogen) atoms. The molecule has 2 fully saturated rings. The molecule has 2 aliphatic heterocycles. The van der Waals surface area contributed by atoms with Crippen molar-refractivity contribution in [1.29, 1.82) is 0 Å². The van der Waals surface area contributed by atoms with Gasteiger partial charge in [-0.2, -0.15) is 0 Å². The first-order valence-corrected chi connectivity index (χ1v) is 10.8. The van der Waals surface area contributed by atoms with E-state index < -0.39 is 28.9 Å². The lowest BCUT2D eigenvalue weighted by Gasteiger charge is -2.36. The van der Waals surface area contributed by atoms with Crippen LogP contribution in [-0.4, -0.2) is 62.4 Å². The summed E-state index contributed by atoms with van der Waals surface area (Å²) < 4.78 is 24.9. The topological polar surface area (TPSA) is 105 Å². The van der Waals surface area contributed by atoms with E-state index in [9.17, 15) is 24.1 Å². The SMILES string of the molecule is CC(=O)OC[C@H]1CN(c2ccc(N3CCN(c4ccc([N+](=O)[O-])s4)CC3)c(F)c2)C(=O)O1. The van der Waals surface area contributed by atoms with Crippen molar-refractivity contribution in [2.45, 2.75) is 13.0 Å². The van der Waals surface area contributed by atoms with E-state index in [2.05, 4.69) is 0 Å². The van der Waals surface area contributed by atoms with Gasteiger partial charge in [0.25, 0.3) is 0 Å². The fraction of sp³-hybridized carbons (Fsp3) is 0.400. The Labute approximate surface area is 186 Å². The molecule has 2 saturated heterocycles. The van der Waals surface area contributed by atoms with Crippen LogP contribution >= 0.6 is 11.3 Å². The molecule has 0 bridgehead atoms. The van der Waals surface area contributed by atoms with Gasteiger partial charge >= 0.3 is 17.1 Å². The largest absolute Gasteiger partial charge is 0.462 e. The third-order valence-electron chi connectivity index (χ3n) is 5.28. The number of thiophene rings is 1. The quantitative estimate of drug-likeness (QED) is 0.365. The van der Waals surface area contributed by atoms with Crippen molar-refractivity contribution in [2.24, 2.45) is 0 Å². The van der Waals surface area contributed by atoms with Crippen LogP contribution in [0.5, 0.6) is 0 Å². The predicted molar refractivity (Wildman–Crippen MR) is 116 cm³/mol. The van der Waals surface area contributed by atoms with Crippen LogP contribution in [-0.2, 0) is 14.3 Å². The summed E-state index contributed by atoms with van der Waals surface area (Å²) in [5.41, 5.74) is 0.792. The number of carbonyl (C=O) groups is 2. The first kappa shape index (κ1) is 21.8. The highest BCUT2D eigenvalue weighted by molar-refractivity contribution is 7.19. The Morgan fingerprint density at radius 3 is 2.59 bits per heavy atom. The summed E-state index contributed by atoms with van der Waals surface area (Å²) in [7, 11) is 0. The van der Waals surface area contributed by atoms with Crippen LogP contribution in [0.2, 0.25) is 0 Å². The lowest BCUT2D eigenvalue weighted by Crippen LogP contribution is -2.46. The standard InChI is InChI=1S/C20H21FN4O6S/c1-13(26)30-12-15-11-24(20(27)31-15)14-2-3-17(16(21)10-14)22-6-8-23(9-7-22)18-4-5-19(32-18)25(28)29/h2-5,10,15H,6-9,11-12H2,1H3/t15-/m1/s1. The number of hydrogen-bond acceptors (Lipinski definition) is 9. The van der Waals surface area contributed by atoms with Crippen LogP contribution < -0.4 is 14.7 Å². The number of nitrogens with zero attached hydrogens (tertiary/aromatic N) is 4. The lowest BCUT2D eigenvalue weighted by molar-refractivity contribution is -0.380. The lowest BCUT2D eigenvalue weighted by atomic mass is 10.2. The van der Waals surface area contributed by atoms with Crippen molar-refractivity contribution in [3.63, 3.8) is 0 Å². The Bertz CT molecular complexity index is 1040. The Kier molecular flexibility index (Phi) is 6.12. The summed E-state index contributed by atoms with van der Waals surface area (Å²) in [6.45, 7) is 3.71. The Morgan fingerprint density at radius 2 is 1.97 bits per heavy atom. The Morgan fingerprint density at radius 1 is 1.25 bits per heavy atom. The number of anilines is 3. The van der Waals surface area contributed by atoms with Gasteiger partial charge in [-0.15, -0.1) is 0 Å². The predicted octanol–water partition coefficient (Wildman–Crippen LogP) is 3.01. The molecule has 2 aliphatic rings. The number of ether oxygens (including phenoxy) is 2. The van der Waals surface area contributed by atoms with Gasteiger partial charge in [-0.1, -0.05) is 0 Å². The maximum atomic E-state index is 14.9. The van der Waals surface area contributed by atoms with Crippen LogP contribution in [0.4, 0.5) is 30.6 Å². The van der Waals surface area contributed by atoms with Gasteiger partial charge in [0.2, 0.25) is 0 Å². The molecule has 1 aromatic heterocycles. The second-order valence-corrected chi connectivity index (χ2v) is 8.44. The molecule has 10 nitrogen and oxygen atoms in total. The molecule has 1 atom stereocenters. The summed E-state index contributed by atoms with van der Waals surface area (Å²) in [5, 5.41) is 11.8. The van der Waals surface area contributed by atoms with Crippen molar-refractivity contribution in [3.8, 4) is 0 Å². The van der Waals surface area contributed by atoms with E-state index in [1.807, 2.05) is 9.80 Å². The number of halogens is 1. The molecule has 0 N–H and O–H groups in total. The zero-order valence-electron chi connectivity index (χ0n) is 17.2. The number of benzene rings is 1. The van der Waals surface area contributed by atoms with Gasteiger partial charge in [0.1, 0.15) is 12.4 Å². The van der Waals surface area contributed by atoms with Crippen LogP contribution in [0, 0.1) is 15.9 Å². The molecular weight excluding hydrogens is 443 g/mol. The normalized spacial score (nSPS) is 18.6. The molecule has 0 spiro atoms. The van der Waals surface area contributed by atoms with Gasteiger partial charge < -0.3 is 19.3 Å². The minimum atomic E-state index is -0.618. The monoisotopic (exact) mass is 464 g/mol.